The van der Waals surface area contributed by atoms with Gasteiger partial charge in [0, 0.05) is 6.04 Å². The molecule has 0 radical (unpaired) electrons. The maximum Gasteiger partial charge on any atom is 0.262 e. The summed E-state index contributed by atoms with van der Waals surface area (Å²) in [5.41, 5.74) is 6.57. The van der Waals surface area contributed by atoms with Gasteiger partial charge in [0.15, 0.2) is 5.58 Å². The van der Waals surface area contributed by atoms with Gasteiger partial charge in [0.1, 0.15) is 12.4 Å². The van der Waals surface area contributed by atoms with Crippen molar-refractivity contribution in [2.75, 3.05) is 13.7 Å². The highest BCUT2D eigenvalue weighted by Crippen LogP contribution is 2.28. The van der Waals surface area contributed by atoms with Crippen molar-refractivity contribution in [1.29, 1.82) is 0 Å². The molecule has 2 aromatic rings. The molecule has 0 aliphatic rings. The Morgan fingerprint density at radius 1 is 1.44 bits per heavy atom. The van der Waals surface area contributed by atoms with Crippen molar-refractivity contribution in [2.24, 2.45) is 5.73 Å². The zero-order valence-electron chi connectivity index (χ0n) is 10.7. The molecule has 0 fully saturated rings. The molecule has 18 heavy (non-hydrogen) atoms. The summed E-state index contributed by atoms with van der Waals surface area (Å²) in [6, 6.07) is 5.49. The molecule has 5 heteroatoms. The van der Waals surface area contributed by atoms with E-state index < -0.39 is 0 Å². The van der Waals surface area contributed by atoms with Crippen LogP contribution in [0.4, 0.5) is 0 Å². The van der Waals surface area contributed by atoms with Crippen LogP contribution in [0.2, 0.25) is 0 Å². The molecule has 98 valence electrons. The third-order valence-electron chi connectivity index (χ3n) is 2.74. The van der Waals surface area contributed by atoms with Crippen molar-refractivity contribution in [3.05, 3.63) is 18.2 Å². The highest BCUT2D eigenvalue weighted by molar-refractivity contribution is 5.83. The fourth-order valence-corrected chi connectivity index (χ4v) is 1.77. The molecule has 0 bridgehead atoms. The molecule has 0 amide bonds. The predicted molar refractivity (Wildman–Crippen MR) is 68.9 cm³/mol. The van der Waals surface area contributed by atoms with Gasteiger partial charge in [-0.2, -0.15) is 0 Å². The number of ether oxygens (including phenoxy) is 2. The molecule has 5 nitrogen and oxygen atoms in total. The fourth-order valence-electron chi connectivity index (χ4n) is 1.77. The second-order valence-electron chi connectivity index (χ2n) is 4.21. The molecule has 0 aliphatic heterocycles. The summed E-state index contributed by atoms with van der Waals surface area (Å²) >= 11 is 0. The maximum atomic E-state index is 5.89. The quantitative estimate of drug-likeness (QED) is 0.852. The number of benzene rings is 1. The van der Waals surface area contributed by atoms with Crippen molar-refractivity contribution in [2.45, 2.75) is 25.8 Å². The number of hydrogen-bond donors (Lipinski definition) is 1. The zero-order valence-corrected chi connectivity index (χ0v) is 10.7. The number of aromatic nitrogens is 1. The van der Waals surface area contributed by atoms with Crippen molar-refractivity contribution < 1.29 is 14.0 Å². The van der Waals surface area contributed by atoms with Crippen LogP contribution in [-0.4, -0.2) is 24.9 Å². The Hall–Kier alpha value is -1.75. The normalized spacial score (nSPS) is 12.6. The van der Waals surface area contributed by atoms with E-state index in [2.05, 4.69) is 12.1 Å². The standard InChI is InChI=1S/C13H18N2O3/c1-3-4-9(14)8-17-13-11-7-10(16-2)5-6-12(11)18-15-13/h5-7,9H,3-4,8,14H2,1-2H3. The number of hydrogen-bond acceptors (Lipinski definition) is 5. The van der Waals surface area contributed by atoms with E-state index in [0.29, 0.717) is 18.1 Å². The van der Waals surface area contributed by atoms with Crippen LogP contribution in [0.5, 0.6) is 11.6 Å². The number of nitrogens with two attached hydrogens (primary N) is 1. The lowest BCUT2D eigenvalue weighted by molar-refractivity contribution is 0.257. The molecule has 0 aliphatic carbocycles. The van der Waals surface area contributed by atoms with Crippen molar-refractivity contribution >= 4 is 11.0 Å². The summed E-state index contributed by atoms with van der Waals surface area (Å²) < 4.78 is 15.9. The molecule has 1 aromatic heterocycles. The monoisotopic (exact) mass is 250 g/mol. The van der Waals surface area contributed by atoms with Crippen LogP contribution in [0.3, 0.4) is 0 Å². The average Bonchev–Trinajstić information content (AvgIpc) is 2.79. The topological polar surface area (TPSA) is 70.5 Å². The second-order valence-corrected chi connectivity index (χ2v) is 4.21. The molecule has 1 atom stereocenters. The summed E-state index contributed by atoms with van der Waals surface area (Å²) in [7, 11) is 1.62. The van der Waals surface area contributed by atoms with Crippen LogP contribution in [0.1, 0.15) is 19.8 Å². The van der Waals surface area contributed by atoms with Gasteiger partial charge in [-0.1, -0.05) is 13.3 Å². The molecular formula is C13H18N2O3. The van der Waals surface area contributed by atoms with Gasteiger partial charge in [0.25, 0.3) is 5.88 Å². The van der Waals surface area contributed by atoms with Crippen molar-refractivity contribution in [3.8, 4) is 11.6 Å². The first-order valence-corrected chi connectivity index (χ1v) is 6.06. The van der Waals surface area contributed by atoms with Gasteiger partial charge in [-0.3, -0.25) is 0 Å². The van der Waals surface area contributed by atoms with E-state index in [1.807, 2.05) is 12.1 Å². The largest absolute Gasteiger partial charge is 0.497 e. The molecule has 1 unspecified atom stereocenters. The van der Waals surface area contributed by atoms with E-state index >= 15 is 0 Å². The molecule has 0 saturated heterocycles. The van der Waals surface area contributed by atoms with Gasteiger partial charge < -0.3 is 19.7 Å². The lowest BCUT2D eigenvalue weighted by Gasteiger charge is -2.09. The first-order valence-electron chi connectivity index (χ1n) is 6.06. The summed E-state index contributed by atoms with van der Waals surface area (Å²) in [6.07, 6.45) is 1.97. The second kappa shape index (κ2) is 5.73. The SMILES string of the molecule is CCCC(N)COc1noc2ccc(OC)cc12. The van der Waals surface area contributed by atoms with Gasteiger partial charge in [0.05, 0.1) is 12.5 Å². The first-order chi connectivity index (χ1) is 8.74. The molecular weight excluding hydrogens is 232 g/mol. The van der Waals surface area contributed by atoms with E-state index in [1.165, 1.54) is 0 Å². The lowest BCUT2D eigenvalue weighted by Crippen LogP contribution is -2.27. The Morgan fingerprint density at radius 3 is 3.00 bits per heavy atom. The van der Waals surface area contributed by atoms with Crippen molar-refractivity contribution in [3.63, 3.8) is 0 Å². The van der Waals surface area contributed by atoms with Gasteiger partial charge in [-0.25, -0.2) is 0 Å². The summed E-state index contributed by atoms with van der Waals surface area (Å²) in [6.45, 7) is 2.53. The lowest BCUT2D eigenvalue weighted by atomic mass is 10.2. The van der Waals surface area contributed by atoms with Crippen LogP contribution < -0.4 is 15.2 Å². The highest BCUT2D eigenvalue weighted by atomic mass is 16.5. The fraction of sp³-hybridized carbons (Fsp3) is 0.462. The van der Waals surface area contributed by atoms with E-state index in [-0.39, 0.29) is 6.04 Å². The molecule has 1 heterocycles. The Morgan fingerprint density at radius 2 is 2.28 bits per heavy atom. The molecule has 0 saturated carbocycles. The highest BCUT2D eigenvalue weighted by Gasteiger charge is 2.12. The van der Waals surface area contributed by atoms with Crippen LogP contribution in [0.15, 0.2) is 22.7 Å². The minimum Gasteiger partial charge on any atom is -0.497 e. The Kier molecular flexibility index (Phi) is 4.04. The third kappa shape index (κ3) is 2.73. The van der Waals surface area contributed by atoms with Crippen LogP contribution in [0.25, 0.3) is 11.0 Å². The van der Waals surface area contributed by atoms with Crippen LogP contribution in [0, 0.1) is 0 Å². The van der Waals surface area contributed by atoms with Gasteiger partial charge in [-0.15, -0.1) is 0 Å². The van der Waals surface area contributed by atoms with E-state index in [9.17, 15) is 0 Å². The predicted octanol–water partition coefficient (Wildman–Crippen LogP) is 2.34. The summed E-state index contributed by atoms with van der Waals surface area (Å²) in [4.78, 5) is 0. The number of methoxy groups -OCH3 is 1. The smallest absolute Gasteiger partial charge is 0.262 e. The third-order valence-corrected chi connectivity index (χ3v) is 2.74. The minimum absolute atomic E-state index is 0.0207. The number of nitrogens with zero attached hydrogens (tertiary/aromatic N) is 1. The summed E-state index contributed by atoms with van der Waals surface area (Å²) in [5.74, 6) is 1.21. The van der Waals surface area contributed by atoms with Crippen molar-refractivity contribution in [1.82, 2.24) is 5.16 Å². The van der Waals surface area contributed by atoms with E-state index in [0.717, 1.165) is 24.0 Å². The molecule has 2 rings (SSSR count). The first kappa shape index (κ1) is 12.7. The number of rotatable bonds is 6. The summed E-state index contributed by atoms with van der Waals surface area (Å²) in [5, 5.41) is 4.70. The van der Waals surface area contributed by atoms with E-state index in [4.69, 9.17) is 19.7 Å². The van der Waals surface area contributed by atoms with E-state index in [1.54, 1.807) is 13.2 Å². The molecule has 0 spiro atoms. The Balaban J connectivity index is 2.12. The molecule has 1 aromatic carbocycles. The van der Waals surface area contributed by atoms with Crippen LogP contribution in [-0.2, 0) is 0 Å². The maximum absolute atomic E-state index is 5.89. The molecule has 2 N–H and O–H groups in total. The van der Waals surface area contributed by atoms with Gasteiger partial charge in [0.2, 0.25) is 0 Å². The van der Waals surface area contributed by atoms with Gasteiger partial charge >= 0.3 is 0 Å². The average molecular weight is 250 g/mol. The minimum atomic E-state index is 0.0207. The Labute approximate surface area is 106 Å². The van der Waals surface area contributed by atoms with Crippen LogP contribution >= 0.6 is 0 Å². The van der Waals surface area contributed by atoms with Gasteiger partial charge in [-0.05, 0) is 29.8 Å². The zero-order chi connectivity index (χ0) is 13.0. The Bertz CT molecular complexity index is 510. The number of fused-ring (bicyclic) bond motifs is 1.